The molecule has 2 rings (SSSR count). The lowest BCUT2D eigenvalue weighted by Gasteiger charge is -2.35. The second kappa shape index (κ2) is 7.35. The first-order valence-electron chi connectivity index (χ1n) is 7.73. The summed E-state index contributed by atoms with van der Waals surface area (Å²) >= 11 is 0. The standard InChI is InChI=1S/C15H20N4O5/c1-11(2)10-16-3-5-17(6-4-16)15(20)12-7-13(18(21)22)9-14(8-12)19(23)24/h7-9,11H,3-6,10H2,1-2H3. The quantitative estimate of drug-likeness (QED) is 0.600. The van der Waals surface area contributed by atoms with Crippen LogP contribution in [0.1, 0.15) is 24.2 Å². The number of nitro benzene ring substituents is 2. The van der Waals surface area contributed by atoms with E-state index in [2.05, 4.69) is 18.7 Å². The van der Waals surface area contributed by atoms with Gasteiger partial charge in [-0.3, -0.25) is 29.9 Å². The zero-order chi connectivity index (χ0) is 17.9. The van der Waals surface area contributed by atoms with Gasteiger partial charge in [0.2, 0.25) is 0 Å². The number of rotatable bonds is 5. The van der Waals surface area contributed by atoms with E-state index < -0.39 is 27.1 Å². The summed E-state index contributed by atoms with van der Waals surface area (Å²) < 4.78 is 0. The topological polar surface area (TPSA) is 110 Å². The van der Waals surface area contributed by atoms with Gasteiger partial charge < -0.3 is 4.90 Å². The number of nitro groups is 2. The monoisotopic (exact) mass is 336 g/mol. The fourth-order valence-corrected chi connectivity index (χ4v) is 2.76. The zero-order valence-electron chi connectivity index (χ0n) is 13.7. The van der Waals surface area contributed by atoms with Gasteiger partial charge in [-0.15, -0.1) is 0 Å². The van der Waals surface area contributed by atoms with Crippen LogP contribution in [0.5, 0.6) is 0 Å². The Bertz CT molecular complexity index is 621. The Labute approximate surface area is 139 Å². The van der Waals surface area contributed by atoms with Crippen LogP contribution >= 0.6 is 0 Å². The lowest BCUT2D eigenvalue weighted by Crippen LogP contribution is -2.49. The summed E-state index contributed by atoms with van der Waals surface area (Å²) in [5.74, 6) is 0.123. The Morgan fingerprint density at radius 1 is 1.04 bits per heavy atom. The van der Waals surface area contributed by atoms with E-state index in [1.165, 1.54) is 0 Å². The summed E-state index contributed by atoms with van der Waals surface area (Å²) in [6, 6.07) is 3.04. The second-order valence-corrected chi connectivity index (χ2v) is 6.24. The van der Waals surface area contributed by atoms with Crippen molar-refractivity contribution in [1.29, 1.82) is 0 Å². The van der Waals surface area contributed by atoms with Crippen molar-refractivity contribution in [3.05, 3.63) is 44.0 Å². The number of amides is 1. The van der Waals surface area contributed by atoms with Gasteiger partial charge in [0, 0.05) is 44.9 Å². The molecule has 0 bridgehead atoms. The third-order valence-corrected chi connectivity index (χ3v) is 3.85. The molecule has 9 nitrogen and oxygen atoms in total. The molecular weight excluding hydrogens is 316 g/mol. The van der Waals surface area contributed by atoms with E-state index in [-0.39, 0.29) is 5.56 Å². The first-order chi connectivity index (χ1) is 11.3. The summed E-state index contributed by atoms with van der Waals surface area (Å²) in [7, 11) is 0. The van der Waals surface area contributed by atoms with E-state index in [0.29, 0.717) is 19.0 Å². The van der Waals surface area contributed by atoms with Gasteiger partial charge in [-0.25, -0.2) is 0 Å². The molecule has 1 heterocycles. The van der Waals surface area contributed by atoms with Crippen LogP contribution in [0.3, 0.4) is 0 Å². The maximum absolute atomic E-state index is 12.5. The van der Waals surface area contributed by atoms with Gasteiger partial charge in [-0.1, -0.05) is 13.8 Å². The average Bonchev–Trinajstić information content (AvgIpc) is 2.53. The highest BCUT2D eigenvalue weighted by molar-refractivity contribution is 5.95. The van der Waals surface area contributed by atoms with Crippen molar-refractivity contribution in [3.63, 3.8) is 0 Å². The third-order valence-electron chi connectivity index (χ3n) is 3.85. The van der Waals surface area contributed by atoms with E-state index in [1.807, 2.05) is 0 Å². The SMILES string of the molecule is CC(C)CN1CCN(C(=O)c2cc([N+](=O)[O-])cc([N+](=O)[O-])c2)CC1. The molecule has 1 aromatic rings. The zero-order valence-corrected chi connectivity index (χ0v) is 13.7. The van der Waals surface area contributed by atoms with Gasteiger partial charge in [0.1, 0.15) is 0 Å². The lowest BCUT2D eigenvalue weighted by atomic mass is 10.1. The predicted molar refractivity (Wildman–Crippen MR) is 86.9 cm³/mol. The van der Waals surface area contributed by atoms with Crippen molar-refractivity contribution in [2.45, 2.75) is 13.8 Å². The average molecular weight is 336 g/mol. The number of piperazine rings is 1. The number of hydrogen-bond donors (Lipinski definition) is 0. The van der Waals surface area contributed by atoms with Crippen LogP contribution in [0.15, 0.2) is 18.2 Å². The molecule has 130 valence electrons. The van der Waals surface area contributed by atoms with E-state index in [4.69, 9.17) is 0 Å². The van der Waals surface area contributed by atoms with Crippen molar-refractivity contribution in [3.8, 4) is 0 Å². The number of non-ortho nitro benzene ring substituents is 2. The molecule has 0 unspecified atom stereocenters. The highest BCUT2D eigenvalue weighted by Crippen LogP contribution is 2.24. The normalized spacial score (nSPS) is 15.5. The Balaban J connectivity index is 2.15. The van der Waals surface area contributed by atoms with E-state index in [0.717, 1.165) is 37.8 Å². The van der Waals surface area contributed by atoms with Crippen LogP contribution in [0.25, 0.3) is 0 Å². The fourth-order valence-electron chi connectivity index (χ4n) is 2.76. The highest BCUT2D eigenvalue weighted by Gasteiger charge is 2.26. The molecule has 1 fully saturated rings. The molecule has 1 saturated heterocycles. The van der Waals surface area contributed by atoms with Gasteiger partial charge in [0.05, 0.1) is 21.5 Å². The Morgan fingerprint density at radius 3 is 1.96 bits per heavy atom. The van der Waals surface area contributed by atoms with Crippen LogP contribution in [-0.2, 0) is 0 Å². The molecule has 1 amide bonds. The number of carbonyl (C=O) groups is 1. The number of benzene rings is 1. The fraction of sp³-hybridized carbons (Fsp3) is 0.533. The predicted octanol–water partition coefficient (Wildman–Crippen LogP) is 1.92. The van der Waals surface area contributed by atoms with Gasteiger partial charge in [0.25, 0.3) is 17.3 Å². The molecule has 0 atom stereocenters. The number of hydrogen-bond acceptors (Lipinski definition) is 6. The summed E-state index contributed by atoms with van der Waals surface area (Å²) in [6.45, 7) is 7.65. The molecule has 0 N–H and O–H groups in total. The van der Waals surface area contributed by atoms with Crippen molar-refractivity contribution < 1.29 is 14.6 Å². The van der Waals surface area contributed by atoms with Crippen molar-refractivity contribution in [2.75, 3.05) is 32.7 Å². The molecule has 0 spiro atoms. The summed E-state index contributed by atoms with van der Waals surface area (Å²) in [6.07, 6.45) is 0. The highest BCUT2D eigenvalue weighted by atomic mass is 16.6. The van der Waals surface area contributed by atoms with Crippen molar-refractivity contribution in [1.82, 2.24) is 9.80 Å². The van der Waals surface area contributed by atoms with E-state index in [9.17, 15) is 25.0 Å². The van der Waals surface area contributed by atoms with Gasteiger partial charge >= 0.3 is 0 Å². The second-order valence-electron chi connectivity index (χ2n) is 6.24. The minimum absolute atomic E-state index is 0.0202. The smallest absolute Gasteiger partial charge is 0.277 e. The Hall–Kier alpha value is -2.55. The van der Waals surface area contributed by atoms with Gasteiger partial charge in [-0.05, 0) is 5.92 Å². The molecule has 24 heavy (non-hydrogen) atoms. The molecule has 0 saturated carbocycles. The Morgan fingerprint density at radius 2 is 1.54 bits per heavy atom. The summed E-state index contributed by atoms with van der Waals surface area (Å²) in [5, 5.41) is 21.8. The molecule has 9 heteroatoms. The molecule has 1 aliphatic rings. The van der Waals surface area contributed by atoms with Crippen LogP contribution in [-0.4, -0.2) is 58.3 Å². The van der Waals surface area contributed by atoms with Crippen LogP contribution < -0.4 is 0 Å². The van der Waals surface area contributed by atoms with Crippen LogP contribution in [0, 0.1) is 26.1 Å². The largest absolute Gasteiger partial charge is 0.336 e. The van der Waals surface area contributed by atoms with Gasteiger partial charge in [0.15, 0.2) is 0 Å². The summed E-state index contributed by atoms with van der Waals surface area (Å²) in [5.41, 5.74) is -0.926. The van der Waals surface area contributed by atoms with E-state index in [1.54, 1.807) is 4.90 Å². The third kappa shape index (κ3) is 4.25. The van der Waals surface area contributed by atoms with E-state index >= 15 is 0 Å². The number of nitrogens with zero attached hydrogens (tertiary/aromatic N) is 4. The molecule has 0 aliphatic carbocycles. The minimum Gasteiger partial charge on any atom is -0.336 e. The van der Waals surface area contributed by atoms with Crippen LogP contribution in [0.2, 0.25) is 0 Å². The molecule has 0 radical (unpaired) electrons. The molecular formula is C15H20N4O5. The molecule has 0 aromatic heterocycles. The minimum atomic E-state index is -0.732. The van der Waals surface area contributed by atoms with Crippen LogP contribution in [0.4, 0.5) is 11.4 Å². The number of carbonyl (C=O) groups excluding carboxylic acids is 1. The Kier molecular flexibility index (Phi) is 5.45. The first-order valence-corrected chi connectivity index (χ1v) is 7.73. The maximum atomic E-state index is 12.5. The first kappa shape index (κ1) is 17.8. The van der Waals surface area contributed by atoms with Crippen molar-refractivity contribution >= 4 is 17.3 Å². The molecule has 1 aliphatic heterocycles. The summed E-state index contributed by atoms with van der Waals surface area (Å²) in [4.78, 5) is 36.8. The lowest BCUT2D eigenvalue weighted by molar-refractivity contribution is -0.394. The van der Waals surface area contributed by atoms with Crippen molar-refractivity contribution in [2.24, 2.45) is 5.92 Å². The molecule has 1 aromatic carbocycles. The maximum Gasteiger partial charge on any atom is 0.277 e. The van der Waals surface area contributed by atoms with Gasteiger partial charge in [-0.2, -0.15) is 0 Å².